The lowest BCUT2D eigenvalue weighted by atomic mass is 10.0. The van der Waals surface area contributed by atoms with Gasteiger partial charge in [-0.25, -0.2) is 0 Å². The third kappa shape index (κ3) is 8.39. The first-order valence-electron chi connectivity index (χ1n) is 8.17. The van der Waals surface area contributed by atoms with Crippen LogP contribution in [0.1, 0.15) is 64.7 Å². The number of aliphatic hydroxyl groups is 1. The van der Waals surface area contributed by atoms with Gasteiger partial charge in [-0.1, -0.05) is 26.2 Å². The number of hydrogen-bond acceptors (Lipinski definition) is 5. The minimum absolute atomic E-state index is 0.0235. The van der Waals surface area contributed by atoms with E-state index in [-0.39, 0.29) is 24.8 Å². The predicted molar refractivity (Wildman–Crippen MR) is 79.9 cm³/mol. The molecule has 0 spiro atoms. The highest BCUT2D eigenvalue weighted by Gasteiger charge is 2.23. The summed E-state index contributed by atoms with van der Waals surface area (Å²) in [5.41, 5.74) is 0. The number of rotatable bonds is 10. The second kappa shape index (κ2) is 11.0. The van der Waals surface area contributed by atoms with Crippen LogP contribution in [0.3, 0.4) is 0 Å². The van der Waals surface area contributed by atoms with E-state index in [1.54, 1.807) is 0 Å². The summed E-state index contributed by atoms with van der Waals surface area (Å²) in [7, 11) is 1.33. The zero-order valence-corrected chi connectivity index (χ0v) is 13.4. The zero-order valence-electron chi connectivity index (χ0n) is 13.4. The molecule has 1 unspecified atom stereocenters. The standard InChI is InChI=1S/C16H30O5/c1-3-4-5-8-14(11-13(17)12-15(18)19-2)21-16-9-6-7-10-20-16/h13-14,16-17H,3-12H2,1-2H3/t13-,14-,16?/m1/s1. The van der Waals surface area contributed by atoms with Crippen LogP contribution in [-0.2, 0) is 19.0 Å². The van der Waals surface area contributed by atoms with Crippen molar-refractivity contribution in [1.29, 1.82) is 0 Å². The minimum atomic E-state index is -0.715. The fourth-order valence-electron chi connectivity index (χ4n) is 2.56. The van der Waals surface area contributed by atoms with E-state index >= 15 is 0 Å². The summed E-state index contributed by atoms with van der Waals surface area (Å²) < 4.78 is 16.2. The minimum Gasteiger partial charge on any atom is -0.469 e. The molecule has 0 aromatic heterocycles. The molecule has 1 saturated heterocycles. The quantitative estimate of drug-likeness (QED) is 0.496. The number of carbonyl (C=O) groups is 1. The molecule has 0 aromatic carbocycles. The van der Waals surface area contributed by atoms with E-state index in [2.05, 4.69) is 11.7 Å². The Morgan fingerprint density at radius 1 is 1.38 bits per heavy atom. The number of hydrogen-bond donors (Lipinski definition) is 1. The Hall–Kier alpha value is -0.650. The summed E-state index contributed by atoms with van der Waals surface area (Å²) in [4.78, 5) is 11.2. The molecule has 1 aliphatic rings. The van der Waals surface area contributed by atoms with Gasteiger partial charge in [0.15, 0.2) is 6.29 Å². The molecule has 1 heterocycles. The smallest absolute Gasteiger partial charge is 0.308 e. The van der Waals surface area contributed by atoms with Gasteiger partial charge >= 0.3 is 5.97 Å². The van der Waals surface area contributed by atoms with Crippen molar-refractivity contribution < 1.29 is 24.1 Å². The van der Waals surface area contributed by atoms with Crippen LogP contribution >= 0.6 is 0 Å². The number of methoxy groups -OCH3 is 1. The average Bonchev–Trinajstić information content (AvgIpc) is 2.48. The number of ether oxygens (including phenoxy) is 3. The van der Waals surface area contributed by atoms with Crippen molar-refractivity contribution in [2.24, 2.45) is 0 Å². The first-order valence-corrected chi connectivity index (χ1v) is 8.17. The van der Waals surface area contributed by atoms with Crippen LogP contribution < -0.4 is 0 Å². The lowest BCUT2D eigenvalue weighted by Gasteiger charge is -2.29. The van der Waals surface area contributed by atoms with Gasteiger partial charge in [-0.15, -0.1) is 0 Å². The Labute approximate surface area is 128 Å². The fraction of sp³-hybridized carbons (Fsp3) is 0.938. The van der Waals surface area contributed by atoms with Crippen LogP contribution in [0.15, 0.2) is 0 Å². The molecule has 1 N–H and O–H groups in total. The molecule has 21 heavy (non-hydrogen) atoms. The molecule has 0 aromatic rings. The molecule has 0 saturated carbocycles. The van der Waals surface area contributed by atoms with E-state index in [0.717, 1.165) is 51.6 Å². The highest BCUT2D eigenvalue weighted by Crippen LogP contribution is 2.21. The van der Waals surface area contributed by atoms with Gasteiger partial charge in [0.05, 0.1) is 25.7 Å². The number of unbranched alkanes of at least 4 members (excludes halogenated alkanes) is 2. The SMILES string of the molecule is CCCCC[C@H](C[C@@H](O)CC(=O)OC)OC1CCCCO1. The first-order chi connectivity index (χ1) is 10.2. The van der Waals surface area contributed by atoms with E-state index in [9.17, 15) is 9.90 Å². The van der Waals surface area contributed by atoms with E-state index < -0.39 is 6.10 Å². The Kier molecular flexibility index (Phi) is 9.63. The molecule has 0 aliphatic carbocycles. The van der Waals surface area contributed by atoms with Gasteiger partial charge in [0, 0.05) is 13.0 Å². The topological polar surface area (TPSA) is 65.0 Å². The van der Waals surface area contributed by atoms with Crippen LogP contribution in [0, 0.1) is 0 Å². The lowest BCUT2D eigenvalue weighted by Crippen LogP contribution is -2.31. The van der Waals surface area contributed by atoms with Gasteiger partial charge in [-0.3, -0.25) is 4.79 Å². The summed E-state index contributed by atoms with van der Waals surface area (Å²) in [6.07, 6.45) is 6.94. The Morgan fingerprint density at radius 2 is 2.19 bits per heavy atom. The molecule has 0 amide bonds. The summed E-state index contributed by atoms with van der Waals surface area (Å²) >= 11 is 0. The van der Waals surface area contributed by atoms with Crippen molar-refractivity contribution in [2.45, 2.75) is 83.2 Å². The monoisotopic (exact) mass is 302 g/mol. The number of aliphatic hydroxyl groups excluding tert-OH is 1. The third-order valence-corrected chi connectivity index (χ3v) is 3.78. The molecule has 1 rings (SSSR count). The van der Waals surface area contributed by atoms with E-state index in [1.807, 2.05) is 0 Å². The molecule has 0 radical (unpaired) electrons. The number of carbonyl (C=O) groups excluding carboxylic acids is 1. The van der Waals surface area contributed by atoms with E-state index in [0.29, 0.717) is 6.42 Å². The molecule has 5 heteroatoms. The Balaban J connectivity index is 2.39. The molecule has 0 bridgehead atoms. The van der Waals surface area contributed by atoms with Gasteiger partial charge < -0.3 is 19.3 Å². The van der Waals surface area contributed by atoms with E-state index in [4.69, 9.17) is 9.47 Å². The predicted octanol–water partition coefficient (Wildman–Crippen LogP) is 2.79. The van der Waals surface area contributed by atoms with Gasteiger partial charge in [-0.05, 0) is 25.7 Å². The maximum atomic E-state index is 11.2. The van der Waals surface area contributed by atoms with Crippen LogP contribution in [0.2, 0.25) is 0 Å². The fourth-order valence-corrected chi connectivity index (χ4v) is 2.56. The van der Waals surface area contributed by atoms with Crippen LogP contribution in [0.4, 0.5) is 0 Å². The highest BCUT2D eigenvalue weighted by molar-refractivity contribution is 5.69. The van der Waals surface area contributed by atoms with Crippen molar-refractivity contribution in [3.8, 4) is 0 Å². The van der Waals surface area contributed by atoms with Gasteiger partial charge in [-0.2, -0.15) is 0 Å². The average molecular weight is 302 g/mol. The normalized spacial score (nSPS) is 21.8. The largest absolute Gasteiger partial charge is 0.469 e. The van der Waals surface area contributed by atoms with Crippen LogP contribution in [0.25, 0.3) is 0 Å². The Morgan fingerprint density at radius 3 is 2.81 bits per heavy atom. The molecule has 1 fully saturated rings. The summed E-state index contributed by atoms with van der Waals surface area (Å²) in [5.74, 6) is -0.385. The van der Waals surface area contributed by atoms with Crippen molar-refractivity contribution >= 4 is 5.97 Å². The second-order valence-electron chi connectivity index (χ2n) is 5.72. The highest BCUT2D eigenvalue weighted by atomic mass is 16.7. The van der Waals surface area contributed by atoms with Gasteiger partial charge in [0.25, 0.3) is 0 Å². The molecule has 5 nitrogen and oxygen atoms in total. The van der Waals surface area contributed by atoms with Crippen molar-refractivity contribution in [1.82, 2.24) is 0 Å². The van der Waals surface area contributed by atoms with Crippen molar-refractivity contribution in [3.05, 3.63) is 0 Å². The molecule has 1 aliphatic heterocycles. The zero-order chi connectivity index (χ0) is 15.5. The molecule has 124 valence electrons. The molecular weight excluding hydrogens is 272 g/mol. The second-order valence-corrected chi connectivity index (χ2v) is 5.72. The van der Waals surface area contributed by atoms with Gasteiger partial charge in [0.1, 0.15) is 0 Å². The number of esters is 1. The van der Waals surface area contributed by atoms with Crippen molar-refractivity contribution in [3.63, 3.8) is 0 Å². The van der Waals surface area contributed by atoms with Crippen LogP contribution in [-0.4, -0.2) is 43.3 Å². The summed E-state index contributed by atoms with van der Waals surface area (Å²) in [6, 6.07) is 0. The first kappa shape index (κ1) is 18.4. The van der Waals surface area contributed by atoms with Gasteiger partial charge in [0.2, 0.25) is 0 Å². The molecule has 3 atom stereocenters. The molecular formula is C16H30O5. The van der Waals surface area contributed by atoms with E-state index in [1.165, 1.54) is 7.11 Å². The summed E-state index contributed by atoms with van der Waals surface area (Å²) in [6.45, 7) is 2.91. The van der Waals surface area contributed by atoms with Crippen molar-refractivity contribution in [2.75, 3.05) is 13.7 Å². The maximum Gasteiger partial charge on any atom is 0.308 e. The third-order valence-electron chi connectivity index (χ3n) is 3.78. The lowest BCUT2D eigenvalue weighted by molar-refractivity contribution is -0.194. The van der Waals surface area contributed by atoms with Crippen LogP contribution in [0.5, 0.6) is 0 Å². The maximum absolute atomic E-state index is 11.2. The Bertz CT molecular complexity index is 276. The summed E-state index contributed by atoms with van der Waals surface area (Å²) in [5, 5.41) is 9.99.